The van der Waals surface area contributed by atoms with Crippen molar-refractivity contribution >= 4 is 0 Å². The van der Waals surface area contributed by atoms with Gasteiger partial charge in [0.05, 0.1) is 6.10 Å². The molecule has 0 aromatic heterocycles. The van der Waals surface area contributed by atoms with E-state index < -0.39 is 0 Å². The minimum absolute atomic E-state index is 0.283. The molecule has 3 nitrogen and oxygen atoms in total. The van der Waals surface area contributed by atoms with E-state index in [1.54, 1.807) is 12.1 Å². The van der Waals surface area contributed by atoms with Gasteiger partial charge in [0.1, 0.15) is 5.75 Å². The first-order valence-corrected chi connectivity index (χ1v) is 4.83. The summed E-state index contributed by atoms with van der Waals surface area (Å²) in [6, 6.07) is 7.14. The van der Waals surface area contributed by atoms with Crippen LogP contribution in [0.2, 0.25) is 0 Å². The average Bonchev–Trinajstić information content (AvgIpc) is 2.15. The monoisotopic (exact) mass is 195 g/mol. The largest absolute Gasteiger partial charge is 0.508 e. The Hall–Kier alpha value is -1.06. The minimum atomic E-state index is -0.317. The van der Waals surface area contributed by atoms with Crippen molar-refractivity contribution in [1.29, 1.82) is 0 Å². The SMILES string of the molecule is CNCC(O)CCc1cccc(O)c1. The second kappa shape index (κ2) is 5.62. The number of aromatic hydroxyl groups is 1. The van der Waals surface area contributed by atoms with Crippen molar-refractivity contribution in [3.05, 3.63) is 29.8 Å². The minimum Gasteiger partial charge on any atom is -0.508 e. The van der Waals surface area contributed by atoms with Gasteiger partial charge in [0.25, 0.3) is 0 Å². The van der Waals surface area contributed by atoms with E-state index in [0.717, 1.165) is 12.0 Å². The first-order valence-electron chi connectivity index (χ1n) is 4.83. The Kier molecular flexibility index (Phi) is 4.43. The molecule has 1 aromatic carbocycles. The lowest BCUT2D eigenvalue weighted by atomic mass is 10.1. The van der Waals surface area contributed by atoms with Crippen LogP contribution in [-0.2, 0) is 6.42 Å². The maximum Gasteiger partial charge on any atom is 0.115 e. The molecule has 3 N–H and O–H groups in total. The Morgan fingerprint density at radius 1 is 1.43 bits per heavy atom. The van der Waals surface area contributed by atoms with Gasteiger partial charge in [-0.1, -0.05) is 12.1 Å². The van der Waals surface area contributed by atoms with Gasteiger partial charge < -0.3 is 15.5 Å². The standard InChI is InChI=1S/C11H17NO2/c1-12-8-11(14)6-5-9-3-2-4-10(13)7-9/h2-4,7,11-14H,5-6,8H2,1H3. The molecule has 78 valence electrons. The van der Waals surface area contributed by atoms with Crippen LogP contribution in [0.5, 0.6) is 5.75 Å². The molecule has 1 rings (SSSR count). The van der Waals surface area contributed by atoms with Crippen LogP contribution < -0.4 is 5.32 Å². The fraction of sp³-hybridized carbons (Fsp3) is 0.455. The summed E-state index contributed by atoms with van der Waals surface area (Å²) in [4.78, 5) is 0. The van der Waals surface area contributed by atoms with E-state index in [4.69, 9.17) is 0 Å². The highest BCUT2D eigenvalue weighted by Crippen LogP contribution is 2.12. The molecule has 0 aliphatic heterocycles. The summed E-state index contributed by atoms with van der Waals surface area (Å²) in [5, 5.41) is 21.6. The molecule has 0 saturated heterocycles. The van der Waals surface area contributed by atoms with Gasteiger partial charge in [0.15, 0.2) is 0 Å². The van der Waals surface area contributed by atoms with Crippen molar-refractivity contribution in [3.8, 4) is 5.75 Å². The zero-order valence-electron chi connectivity index (χ0n) is 8.40. The second-order valence-electron chi connectivity index (χ2n) is 3.42. The fourth-order valence-electron chi connectivity index (χ4n) is 1.38. The van der Waals surface area contributed by atoms with Crippen LogP contribution in [0.15, 0.2) is 24.3 Å². The van der Waals surface area contributed by atoms with Crippen LogP contribution in [0.4, 0.5) is 0 Å². The number of likely N-dealkylation sites (N-methyl/N-ethyl adjacent to an activating group) is 1. The molecule has 14 heavy (non-hydrogen) atoms. The summed E-state index contributed by atoms with van der Waals surface area (Å²) in [7, 11) is 1.82. The zero-order chi connectivity index (χ0) is 10.4. The molecule has 1 atom stereocenters. The molecule has 1 aromatic rings. The van der Waals surface area contributed by atoms with Gasteiger partial charge in [0, 0.05) is 6.54 Å². The molecular weight excluding hydrogens is 178 g/mol. The van der Waals surface area contributed by atoms with E-state index in [-0.39, 0.29) is 11.9 Å². The molecule has 0 fully saturated rings. The quantitative estimate of drug-likeness (QED) is 0.654. The molecule has 0 amide bonds. The van der Waals surface area contributed by atoms with Crippen molar-refractivity contribution in [1.82, 2.24) is 5.32 Å². The van der Waals surface area contributed by atoms with Crippen molar-refractivity contribution in [2.45, 2.75) is 18.9 Å². The first kappa shape index (κ1) is 11.0. The third-order valence-electron chi connectivity index (χ3n) is 2.12. The number of nitrogens with one attached hydrogen (secondary N) is 1. The maximum atomic E-state index is 9.45. The number of phenols is 1. The zero-order valence-corrected chi connectivity index (χ0v) is 8.40. The summed E-state index contributed by atoms with van der Waals surface area (Å²) < 4.78 is 0. The summed E-state index contributed by atoms with van der Waals surface area (Å²) in [6.45, 7) is 0.610. The Morgan fingerprint density at radius 3 is 2.86 bits per heavy atom. The summed E-state index contributed by atoms with van der Waals surface area (Å²) in [5.74, 6) is 0.283. The molecule has 3 heteroatoms. The van der Waals surface area contributed by atoms with Crippen LogP contribution in [0.25, 0.3) is 0 Å². The second-order valence-corrected chi connectivity index (χ2v) is 3.42. The van der Waals surface area contributed by atoms with Crippen molar-refractivity contribution in [2.75, 3.05) is 13.6 Å². The van der Waals surface area contributed by atoms with Crippen LogP contribution in [0, 0.1) is 0 Å². The first-order chi connectivity index (χ1) is 6.72. The Labute approximate surface area is 84.4 Å². The normalized spacial score (nSPS) is 12.7. The highest BCUT2D eigenvalue weighted by Gasteiger charge is 2.03. The van der Waals surface area contributed by atoms with Gasteiger partial charge in [-0.15, -0.1) is 0 Å². The molecular formula is C11H17NO2. The Morgan fingerprint density at radius 2 is 2.21 bits per heavy atom. The van der Waals surface area contributed by atoms with E-state index in [0.29, 0.717) is 13.0 Å². The van der Waals surface area contributed by atoms with E-state index in [1.807, 2.05) is 19.2 Å². The molecule has 0 bridgehead atoms. The molecule has 1 unspecified atom stereocenters. The number of hydrogen-bond donors (Lipinski definition) is 3. The summed E-state index contributed by atoms with van der Waals surface area (Å²) >= 11 is 0. The van der Waals surface area contributed by atoms with Gasteiger partial charge in [-0.05, 0) is 37.6 Å². The molecule has 0 aliphatic carbocycles. The highest BCUT2D eigenvalue weighted by molar-refractivity contribution is 5.27. The Balaban J connectivity index is 2.37. The van der Waals surface area contributed by atoms with Crippen LogP contribution in [0.1, 0.15) is 12.0 Å². The lowest BCUT2D eigenvalue weighted by Crippen LogP contribution is -2.23. The number of aliphatic hydroxyl groups is 1. The van der Waals surface area contributed by atoms with Gasteiger partial charge in [-0.25, -0.2) is 0 Å². The average molecular weight is 195 g/mol. The molecule has 0 heterocycles. The maximum absolute atomic E-state index is 9.45. The summed E-state index contributed by atoms with van der Waals surface area (Å²) in [6.07, 6.45) is 1.18. The lowest BCUT2D eigenvalue weighted by Gasteiger charge is -2.09. The van der Waals surface area contributed by atoms with E-state index in [9.17, 15) is 10.2 Å². The van der Waals surface area contributed by atoms with Crippen molar-refractivity contribution in [3.63, 3.8) is 0 Å². The summed E-state index contributed by atoms with van der Waals surface area (Å²) in [5.41, 5.74) is 1.06. The molecule has 0 spiro atoms. The smallest absolute Gasteiger partial charge is 0.115 e. The van der Waals surface area contributed by atoms with E-state index in [1.165, 1.54) is 0 Å². The van der Waals surface area contributed by atoms with Gasteiger partial charge in [-0.3, -0.25) is 0 Å². The van der Waals surface area contributed by atoms with Crippen LogP contribution in [0.3, 0.4) is 0 Å². The number of aliphatic hydroxyl groups excluding tert-OH is 1. The number of aryl methyl sites for hydroxylation is 1. The van der Waals surface area contributed by atoms with Gasteiger partial charge in [-0.2, -0.15) is 0 Å². The van der Waals surface area contributed by atoms with E-state index in [2.05, 4.69) is 5.32 Å². The number of rotatable bonds is 5. The predicted molar refractivity (Wildman–Crippen MR) is 56.4 cm³/mol. The van der Waals surface area contributed by atoms with Gasteiger partial charge >= 0.3 is 0 Å². The van der Waals surface area contributed by atoms with Crippen LogP contribution in [-0.4, -0.2) is 29.9 Å². The van der Waals surface area contributed by atoms with Gasteiger partial charge in [0.2, 0.25) is 0 Å². The molecule has 0 aliphatic rings. The molecule has 0 saturated carbocycles. The van der Waals surface area contributed by atoms with Crippen molar-refractivity contribution < 1.29 is 10.2 Å². The van der Waals surface area contributed by atoms with Crippen molar-refractivity contribution in [2.24, 2.45) is 0 Å². The molecule has 0 radical (unpaired) electrons. The van der Waals surface area contributed by atoms with E-state index >= 15 is 0 Å². The lowest BCUT2D eigenvalue weighted by molar-refractivity contribution is 0.165. The predicted octanol–water partition coefficient (Wildman–Crippen LogP) is 0.905. The third-order valence-corrected chi connectivity index (χ3v) is 2.12. The number of hydrogen-bond acceptors (Lipinski definition) is 3. The highest BCUT2D eigenvalue weighted by atomic mass is 16.3. The number of benzene rings is 1. The third kappa shape index (κ3) is 3.77. The topological polar surface area (TPSA) is 52.5 Å². The number of phenolic OH excluding ortho intramolecular Hbond substituents is 1. The fourth-order valence-corrected chi connectivity index (χ4v) is 1.38. The van der Waals surface area contributed by atoms with Crippen LogP contribution >= 0.6 is 0 Å². The Bertz CT molecular complexity index is 276.